The van der Waals surface area contributed by atoms with Gasteiger partial charge in [-0.3, -0.25) is 4.79 Å². The fourth-order valence-corrected chi connectivity index (χ4v) is 3.40. The second kappa shape index (κ2) is 11.5. The highest BCUT2D eigenvalue weighted by Crippen LogP contribution is 2.39. The van der Waals surface area contributed by atoms with Gasteiger partial charge in [-0.15, -0.1) is 0 Å². The molecule has 0 aromatic heterocycles. The van der Waals surface area contributed by atoms with Crippen LogP contribution in [0.1, 0.15) is 99.8 Å². The van der Waals surface area contributed by atoms with Crippen molar-refractivity contribution in [1.29, 1.82) is 0 Å². The Morgan fingerprint density at radius 1 is 0.920 bits per heavy atom. The zero-order valence-electron chi connectivity index (χ0n) is 17.6. The maximum Gasteiger partial charge on any atom is 0.344 e. The molecule has 0 heterocycles. The SMILES string of the molecule is CC.CCC(C)(C)C(=O)OCC(=O)OC(CC)(CC)C1CCCCC1. The van der Waals surface area contributed by atoms with Gasteiger partial charge >= 0.3 is 11.9 Å². The highest BCUT2D eigenvalue weighted by molar-refractivity contribution is 5.79. The molecule has 148 valence electrons. The van der Waals surface area contributed by atoms with Crippen molar-refractivity contribution in [2.24, 2.45) is 11.3 Å². The summed E-state index contributed by atoms with van der Waals surface area (Å²) in [6, 6.07) is 0. The minimum absolute atomic E-state index is 0.281. The second-order valence-corrected chi connectivity index (χ2v) is 7.39. The lowest BCUT2D eigenvalue weighted by atomic mass is 9.74. The van der Waals surface area contributed by atoms with Crippen LogP contribution >= 0.6 is 0 Å². The molecule has 1 fully saturated rings. The minimum Gasteiger partial charge on any atom is -0.456 e. The number of hydrogen-bond donors (Lipinski definition) is 0. The Morgan fingerprint density at radius 2 is 1.44 bits per heavy atom. The zero-order chi connectivity index (χ0) is 19.5. The summed E-state index contributed by atoms with van der Waals surface area (Å²) in [5.74, 6) is -0.328. The monoisotopic (exact) mass is 356 g/mol. The van der Waals surface area contributed by atoms with E-state index in [-0.39, 0.29) is 12.6 Å². The Hall–Kier alpha value is -1.06. The molecule has 0 saturated heterocycles. The molecule has 0 amide bonds. The number of carbonyl (C=O) groups is 2. The van der Waals surface area contributed by atoms with Gasteiger partial charge in [-0.1, -0.05) is 53.9 Å². The average molecular weight is 357 g/mol. The van der Waals surface area contributed by atoms with Gasteiger partial charge in [0.1, 0.15) is 5.60 Å². The zero-order valence-corrected chi connectivity index (χ0v) is 17.6. The third-order valence-corrected chi connectivity index (χ3v) is 5.62. The summed E-state index contributed by atoms with van der Waals surface area (Å²) in [7, 11) is 0. The standard InChI is InChI=1S/C19H34O4.C2H6/c1-6-18(4,5)17(21)22-14-16(20)23-19(7-2,8-3)15-12-10-9-11-13-15;1-2/h15H,6-14H2,1-5H3;1-2H3. The molecule has 0 bridgehead atoms. The van der Waals surface area contributed by atoms with Crippen molar-refractivity contribution in [3.63, 3.8) is 0 Å². The number of esters is 2. The molecule has 1 saturated carbocycles. The van der Waals surface area contributed by atoms with Crippen LogP contribution in [-0.4, -0.2) is 24.1 Å². The molecule has 1 aliphatic carbocycles. The summed E-state index contributed by atoms with van der Waals surface area (Å²) in [6.07, 6.45) is 8.25. The van der Waals surface area contributed by atoms with Gasteiger partial charge in [0.2, 0.25) is 0 Å². The third kappa shape index (κ3) is 6.99. The van der Waals surface area contributed by atoms with E-state index in [0.29, 0.717) is 12.3 Å². The second-order valence-electron chi connectivity index (χ2n) is 7.39. The molecule has 25 heavy (non-hydrogen) atoms. The summed E-state index contributed by atoms with van der Waals surface area (Å²) in [5, 5.41) is 0. The molecule has 1 aliphatic rings. The van der Waals surface area contributed by atoms with Gasteiger partial charge in [-0.2, -0.15) is 0 Å². The Morgan fingerprint density at radius 3 is 1.88 bits per heavy atom. The molecule has 0 N–H and O–H groups in total. The van der Waals surface area contributed by atoms with Gasteiger partial charge in [0.05, 0.1) is 5.41 Å². The Kier molecular flexibility index (Phi) is 11.0. The van der Waals surface area contributed by atoms with Crippen molar-refractivity contribution in [3.05, 3.63) is 0 Å². The first kappa shape index (κ1) is 23.9. The van der Waals surface area contributed by atoms with E-state index in [2.05, 4.69) is 13.8 Å². The molecule has 0 aromatic rings. The Balaban J connectivity index is 0.00000277. The fraction of sp³-hybridized carbons (Fsp3) is 0.905. The number of ether oxygens (including phenoxy) is 2. The van der Waals surface area contributed by atoms with Gasteiger partial charge in [-0.05, 0) is 51.9 Å². The molecule has 0 aliphatic heterocycles. The van der Waals surface area contributed by atoms with Crippen LogP contribution in [0.3, 0.4) is 0 Å². The summed E-state index contributed by atoms with van der Waals surface area (Å²) in [5.41, 5.74) is -0.958. The van der Waals surface area contributed by atoms with Crippen LogP contribution in [0.25, 0.3) is 0 Å². The smallest absolute Gasteiger partial charge is 0.344 e. The van der Waals surface area contributed by atoms with Crippen molar-refractivity contribution in [1.82, 2.24) is 0 Å². The van der Waals surface area contributed by atoms with E-state index < -0.39 is 17.0 Å². The van der Waals surface area contributed by atoms with E-state index in [4.69, 9.17) is 9.47 Å². The molecule has 0 radical (unpaired) electrons. The number of hydrogen-bond acceptors (Lipinski definition) is 4. The molecule has 1 rings (SSSR count). The van der Waals surface area contributed by atoms with Gasteiger partial charge in [-0.25, -0.2) is 4.79 Å². The summed E-state index contributed by atoms with van der Waals surface area (Å²) >= 11 is 0. The molecule has 0 atom stereocenters. The van der Waals surface area contributed by atoms with E-state index in [0.717, 1.165) is 25.7 Å². The first-order valence-corrected chi connectivity index (χ1v) is 10.2. The van der Waals surface area contributed by atoms with Crippen LogP contribution in [0.2, 0.25) is 0 Å². The predicted molar refractivity (Wildman–Crippen MR) is 102 cm³/mol. The molecule has 0 unspecified atom stereocenters. The summed E-state index contributed by atoms with van der Waals surface area (Å²) in [4.78, 5) is 24.2. The normalized spacial score (nSPS) is 15.8. The molecule has 4 nitrogen and oxygen atoms in total. The highest BCUT2D eigenvalue weighted by atomic mass is 16.6. The van der Waals surface area contributed by atoms with Crippen molar-refractivity contribution < 1.29 is 19.1 Å². The van der Waals surface area contributed by atoms with Gasteiger partial charge in [0.25, 0.3) is 0 Å². The predicted octanol–water partition coefficient (Wildman–Crippen LogP) is 5.67. The van der Waals surface area contributed by atoms with Crippen LogP contribution in [0.4, 0.5) is 0 Å². The lowest BCUT2D eigenvalue weighted by molar-refractivity contribution is -0.180. The quantitative estimate of drug-likeness (QED) is 0.525. The van der Waals surface area contributed by atoms with E-state index in [1.165, 1.54) is 19.3 Å². The van der Waals surface area contributed by atoms with Gasteiger partial charge < -0.3 is 9.47 Å². The minimum atomic E-state index is -0.559. The van der Waals surface area contributed by atoms with Crippen LogP contribution in [0.5, 0.6) is 0 Å². The van der Waals surface area contributed by atoms with E-state index in [9.17, 15) is 9.59 Å². The molecule has 4 heteroatoms. The topological polar surface area (TPSA) is 52.6 Å². The number of rotatable bonds is 8. The lowest BCUT2D eigenvalue weighted by Gasteiger charge is -2.41. The van der Waals surface area contributed by atoms with Crippen molar-refractivity contribution in [2.75, 3.05) is 6.61 Å². The largest absolute Gasteiger partial charge is 0.456 e. The average Bonchev–Trinajstić information content (AvgIpc) is 2.66. The maximum atomic E-state index is 12.2. The maximum absolute atomic E-state index is 12.2. The molecular weight excluding hydrogens is 316 g/mol. The lowest BCUT2D eigenvalue weighted by Crippen LogP contribution is -2.43. The van der Waals surface area contributed by atoms with Gasteiger partial charge in [0.15, 0.2) is 6.61 Å². The molecular formula is C21H40O4. The van der Waals surface area contributed by atoms with Gasteiger partial charge in [0, 0.05) is 0 Å². The van der Waals surface area contributed by atoms with Crippen molar-refractivity contribution in [3.8, 4) is 0 Å². The van der Waals surface area contributed by atoms with Crippen molar-refractivity contribution in [2.45, 2.75) is 105 Å². The van der Waals surface area contributed by atoms with E-state index in [1.807, 2.05) is 34.6 Å². The summed E-state index contributed by atoms with van der Waals surface area (Å²) < 4.78 is 11.0. The van der Waals surface area contributed by atoms with Crippen LogP contribution in [0.15, 0.2) is 0 Å². The first-order valence-electron chi connectivity index (χ1n) is 10.2. The molecule has 0 aromatic carbocycles. The Bertz CT molecular complexity index is 391. The highest BCUT2D eigenvalue weighted by Gasteiger charge is 2.40. The van der Waals surface area contributed by atoms with Crippen LogP contribution in [0, 0.1) is 11.3 Å². The van der Waals surface area contributed by atoms with Crippen LogP contribution in [-0.2, 0) is 19.1 Å². The number of carbonyl (C=O) groups excluding carboxylic acids is 2. The fourth-order valence-electron chi connectivity index (χ4n) is 3.40. The molecule has 0 spiro atoms. The van der Waals surface area contributed by atoms with E-state index in [1.54, 1.807) is 0 Å². The van der Waals surface area contributed by atoms with Crippen molar-refractivity contribution >= 4 is 11.9 Å². The Labute approximate surface area is 155 Å². The van der Waals surface area contributed by atoms with Crippen LogP contribution < -0.4 is 0 Å². The first-order chi connectivity index (χ1) is 11.8. The third-order valence-electron chi connectivity index (χ3n) is 5.62. The summed E-state index contributed by atoms with van der Waals surface area (Å²) in [6.45, 7) is 13.5. The van der Waals surface area contributed by atoms with E-state index >= 15 is 0 Å².